The van der Waals surface area contributed by atoms with Crippen LogP contribution in [-0.2, 0) is 0 Å². The lowest BCUT2D eigenvalue weighted by Crippen LogP contribution is -2.49. The molecule has 1 amide bonds. The highest BCUT2D eigenvalue weighted by molar-refractivity contribution is 6.24. The Hall–Kier alpha value is -3.21. The molecule has 1 fully saturated rings. The van der Waals surface area contributed by atoms with E-state index in [0.29, 0.717) is 48.6 Å². The third kappa shape index (κ3) is 2.81. The number of piperazine rings is 1. The first-order valence-electron chi connectivity index (χ1n) is 8.64. The second-order valence-corrected chi connectivity index (χ2v) is 6.41. The Morgan fingerprint density at radius 1 is 0.769 bits per heavy atom. The van der Waals surface area contributed by atoms with Gasteiger partial charge in [-0.05, 0) is 12.1 Å². The molecule has 2 aromatic rings. The smallest absolute Gasteiger partial charge is 0.253 e. The molecule has 2 aliphatic rings. The normalized spacial score (nSPS) is 17.0. The molecule has 0 bridgehead atoms. The number of ketones is 2. The van der Waals surface area contributed by atoms with Crippen molar-refractivity contribution in [3.63, 3.8) is 0 Å². The third-order valence-electron chi connectivity index (χ3n) is 4.87. The largest absolute Gasteiger partial charge is 0.365 e. The first-order valence-corrected chi connectivity index (χ1v) is 8.64. The van der Waals surface area contributed by atoms with Crippen LogP contribution < -0.4 is 0 Å². The molecule has 4 rings (SSSR count). The van der Waals surface area contributed by atoms with E-state index in [1.807, 2.05) is 23.1 Å². The molecular formula is C21H18N2O3. The van der Waals surface area contributed by atoms with Gasteiger partial charge in [0, 0.05) is 48.9 Å². The minimum atomic E-state index is -0.141. The molecule has 2 aromatic carbocycles. The summed E-state index contributed by atoms with van der Waals surface area (Å²) < 4.78 is 0. The van der Waals surface area contributed by atoms with Crippen LogP contribution in [0.1, 0.15) is 31.1 Å². The van der Waals surface area contributed by atoms with Crippen molar-refractivity contribution in [2.45, 2.75) is 0 Å². The lowest BCUT2D eigenvalue weighted by Gasteiger charge is -2.37. The molecule has 1 saturated heterocycles. The Balaban J connectivity index is 1.48. The van der Waals surface area contributed by atoms with Crippen LogP contribution in [-0.4, -0.2) is 53.5 Å². The van der Waals surface area contributed by atoms with Crippen molar-refractivity contribution >= 4 is 17.5 Å². The number of nitrogens with zero attached hydrogens (tertiary/aromatic N) is 2. The van der Waals surface area contributed by atoms with Crippen LogP contribution in [0.4, 0.5) is 0 Å². The van der Waals surface area contributed by atoms with Crippen molar-refractivity contribution in [3.8, 4) is 0 Å². The average Bonchev–Trinajstić information content (AvgIpc) is 2.71. The number of amides is 1. The van der Waals surface area contributed by atoms with Gasteiger partial charge in [-0.2, -0.15) is 0 Å². The topological polar surface area (TPSA) is 57.7 Å². The van der Waals surface area contributed by atoms with Gasteiger partial charge < -0.3 is 9.80 Å². The molecule has 0 N–H and O–H groups in total. The average molecular weight is 346 g/mol. The fourth-order valence-electron chi connectivity index (χ4n) is 3.45. The summed E-state index contributed by atoms with van der Waals surface area (Å²) in [5, 5.41) is 0. The molecule has 0 atom stereocenters. The number of Topliss-reactive ketones (excluding diaryl/α,β-unsaturated/α-hetero) is 1. The van der Waals surface area contributed by atoms with Gasteiger partial charge in [0.25, 0.3) is 5.91 Å². The molecule has 5 heteroatoms. The lowest BCUT2D eigenvalue weighted by molar-refractivity contribution is 0.0659. The minimum Gasteiger partial charge on any atom is -0.365 e. The number of fused-ring (bicyclic) bond motifs is 1. The Morgan fingerprint density at radius 2 is 1.38 bits per heavy atom. The number of hydrogen-bond donors (Lipinski definition) is 0. The summed E-state index contributed by atoms with van der Waals surface area (Å²) in [4.78, 5) is 41.3. The van der Waals surface area contributed by atoms with E-state index < -0.39 is 0 Å². The predicted octanol–water partition coefficient (Wildman–Crippen LogP) is 2.41. The van der Waals surface area contributed by atoms with E-state index in [-0.39, 0.29) is 17.5 Å². The Labute approximate surface area is 151 Å². The van der Waals surface area contributed by atoms with Crippen LogP contribution >= 0.6 is 0 Å². The summed E-state index contributed by atoms with van der Waals surface area (Å²) in [7, 11) is 0. The van der Waals surface area contributed by atoms with Gasteiger partial charge in [-0.3, -0.25) is 14.4 Å². The highest BCUT2D eigenvalue weighted by Crippen LogP contribution is 2.24. The summed E-state index contributed by atoms with van der Waals surface area (Å²) in [6.45, 7) is 2.11. The van der Waals surface area contributed by atoms with E-state index in [1.54, 1.807) is 41.3 Å². The van der Waals surface area contributed by atoms with E-state index in [4.69, 9.17) is 0 Å². The highest BCUT2D eigenvalue weighted by atomic mass is 16.2. The van der Waals surface area contributed by atoms with Gasteiger partial charge in [0.2, 0.25) is 5.78 Å². The first-order chi connectivity index (χ1) is 12.6. The maximum atomic E-state index is 12.8. The van der Waals surface area contributed by atoms with Crippen molar-refractivity contribution in [1.29, 1.82) is 0 Å². The van der Waals surface area contributed by atoms with Gasteiger partial charge in [0.1, 0.15) is 0 Å². The van der Waals surface area contributed by atoms with E-state index in [1.165, 1.54) is 6.08 Å². The number of carbonyl (C=O) groups is 3. The van der Waals surface area contributed by atoms with Crippen LogP contribution in [0.5, 0.6) is 0 Å². The van der Waals surface area contributed by atoms with Crippen LogP contribution in [0.15, 0.2) is 66.4 Å². The second kappa shape index (κ2) is 6.59. The fourth-order valence-corrected chi connectivity index (χ4v) is 3.45. The van der Waals surface area contributed by atoms with Crippen LogP contribution in [0.2, 0.25) is 0 Å². The molecule has 0 aromatic heterocycles. The van der Waals surface area contributed by atoms with E-state index in [2.05, 4.69) is 0 Å². The minimum absolute atomic E-state index is 0.00405. The highest BCUT2D eigenvalue weighted by Gasteiger charge is 2.31. The molecule has 0 saturated carbocycles. The monoisotopic (exact) mass is 346 g/mol. The first kappa shape index (κ1) is 16.3. The molecule has 1 aliphatic carbocycles. The van der Waals surface area contributed by atoms with Crippen molar-refractivity contribution < 1.29 is 14.4 Å². The van der Waals surface area contributed by atoms with Crippen LogP contribution in [0.25, 0.3) is 0 Å². The number of allylic oxidation sites excluding steroid dienone is 2. The summed E-state index contributed by atoms with van der Waals surface area (Å²) >= 11 is 0. The molecule has 0 radical (unpaired) electrons. The maximum absolute atomic E-state index is 12.8. The zero-order valence-corrected chi connectivity index (χ0v) is 14.2. The molecule has 130 valence electrons. The predicted molar refractivity (Wildman–Crippen MR) is 97.1 cm³/mol. The maximum Gasteiger partial charge on any atom is 0.253 e. The fraction of sp³-hybridized carbons (Fsp3) is 0.190. The second-order valence-electron chi connectivity index (χ2n) is 6.41. The standard InChI is InChI=1S/C21H18N2O3/c24-19-14-18(20(25)17-9-5-4-8-16(17)19)22-10-12-23(13-11-22)21(26)15-6-2-1-3-7-15/h1-9,14H,10-13H2. The SMILES string of the molecule is O=C1C=C(N2CCN(C(=O)c3ccccc3)CC2)C(=O)c2ccccc21. The summed E-state index contributed by atoms with van der Waals surface area (Å²) in [6.07, 6.45) is 1.43. The molecular weight excluding hydrogens is 328 g/mol. The number of rotatable bonds is 2. The number of benzene rings is 2. The zero-order chi connectivity index (χ0) is 18.1. The number of carbonyl (C=O) groups excluding carboxylic acids is 3. The van der Waals surface area contributed by atoms with Gasteiger partial charge in [0.05, 0.1) is 5.70 Å². The van der Waals surface area contributed by atoms with Crippen LogP contribution in [0, 0.1) is 0 Å². The Bertz CT molecular complexity index is 910. The third-order valence-corrected chi connectivity index (χ3v) is 4.87. The zero-order valence-electron chi connectivity index (χ0n) is 14.2. The van der Waals surface area contributed by atoms with Gasteiger partial charge >= 0.3 is 0 Å². The lowest BCUT2D eigenvalue weighted by atomic mass is 9.92. The van der Waals surface area contributed by atoms with Crippen molar-refractivity contribution in [2.24, 2.45) is 0 Å². The van der Waals surface area contributed by atoms with E-state index in [9.17, 15) is 14.4 Å². The van der Waals surface area contributed by atoms with Gasteiger partial charge in [-0.25, -0.2) is 0 Å². The molecule has 0 unspecified atom stereocenters. The van der Waals surface area contributed by atoms with Gasteiger partial charge in [-0.15, -0.1) is 0 Å². The van der Waals surface area contributed by atoms with Gasteiger partial charge in [-0.1, -0.05) is 42.5 Å². The molecule has 0 spiro atoms. The summed E-state index contributed by atoms with van der Waals surface area (Å²) in [6, 6.07) is 16.1. The summed E-state index contributed by atoms with van der Waals surface area (Å²) in [5.74, 6) is -0.267. The Kier molecular flexibility index (Phi) is 4.13. The molecule has 5 nitrogen and oxygen atoms in total. The quantitative estimate of drug-likeness (QED) is 0.838. The van der Waals surface area contributed by atoms with Crippen molar-refractivity contribution in [2.75, 3.05) is 26.2 Å². The van der Waals surface area contributed by atoms with E-state index >= 15 is 0 Å². The van der Waals surface area contributed by atoms with Gasteiger partial charge in [0.15, 0.2) is 5.78 Å². The Morgan fingerprint density at radius 3 is 2.08 bits per heavy atom. The molecule has 1 aliphatic heterocycles. The van der Waals surface area contributed by atoms with Crippen molar-refractivity contribution in [1.82, 2.24) is 9.80 Å². The molecule has 1 heterocycles. The van der Waals surface area contributed by atoms with Crippen molar-refractivity contribution in [3.05, 3.63) is 83.1 Å². The van der Waals surface area contributed by atoms with Crippen LogP contribution in [0.3, 0.4) is 0 Å². The number of hydrogen-bond acceptors (Lipinski definition) is 4. The van der Waals surface area contributed by atoms with E-state index in [0.717, 1.165) is 0 Å². The molecule has 26 heavy (non-hydrogen) atoms. The summed E-state index contributed by atoms with van der Waals surface area (Å²) in [5.41, 5.74) is 2.01.